The van der Waals surface area contributed by atoms with Crippen LogP contribution >= 0.6 is 0 Å². The smallest absolute Gasteiger partial charge is 0.361 e. The van der Waals surface area contributed by atoms with Gasteiger partial charge in [-0.05, 0) is 12.8 Å². The molecule has 75 heavy (non-hydrogen) atoms. The average Bonchev–Trinajstić information content (AvgIpc) is 3.38. The fraction of sp³-hybridized carbons (Fsp3) is 0.955. The second-order valence-corrected chi connectivity index (χ2v) is 24.2. The van der Waals surface area contributed by atoms with Gasteiger partial charge in [0.2, 0.25) is 0 Å². The van der Waals surface area contributed by atoms with E-state index in [9.17, 15) is 19.5 Å². The van der Waals surface area contributed by atoms with Crippen molar-refractivity contribution in [2.75, 3.05) is 47.5 Å². The maximum absolute atomic E-state index is 12.9. The lowest BCUT2D eigenvalue weighted by Crippen LogP contribution is -2.40. The molecule has 0 rings (SSSR count). The molecule has 0 radical (unpaired) electrons. The first-order valence-corrected chi connectivity index (χ1v) is 33.2. The van der Waals surface area contributed by atoms with Gasteiger partial charge in [0.15, 0.2) is 6.10 Å². The van der Waals surface area contributed by atoms with Crippen molar-refractivity contribution in [3.8, 4) is 0 Å². The van der Waals surface area contributed by atoms with Crippen LogP contribution < -0.4 is 0 Å². The molecule has 0 amide bonds. The van der Waals surface area contributed by atoms with Gasteiger partial charge in [0.25, 0.3) is 6.29 Å². The summed E-state index contributed by atoms with van der Waals surface area (Å²) in [6, 6.07) is 0. The quantitative estimate of drug-likeness (QED) is 0.0278. The van der Waals surface area contributed by atoms with Gasteiger partial charge in [0.05, 0.1) is 34.4 Å². The van der Waals surface area contributed by atoms with Crippen molar-refractivity contribution in [1.82, 2.24) is 0 Å². The van der Waals surface area contributed by atoms with Crippen LogP contribution in [0.2, 0.25) is 0 Å². The lowest BCUT2D eigenvalue weighted by atomic mass is 10.0. The first-order valence-electron chi connectivity index (χ1n) is 33.2. The van der Waals surface area contributed by atoms with Gasteiger partial charge >= 0.3 is 17.9 Å². The number of quaternary nitrogens is 1. The van der Waals surface area contributed by atoms with Gasteiger partial charge < -0.3 is 28.5 Å². The predicted octanol–water partition coefficient (Wildman–Crippen LogP) is 19.9. The van der Waals surface area contributed by atoms with Crippen LogP contribution in [0, 0.1) is 0 Å². The zero-order valence-corrected chi connectivity index (χ0v) is 51.0. The zero-order chi connectivity index (χ0) is 54.8. The third-order valence-electron chi connectivity index (χ3n) is 15.4. The Balaban J connectivity index is 4.09. The number of hydrogen-bond acceptors (Lipinski definition) is 7. The SMILES string of the molecule is CCCCCCCCCCCCCCCCCCCCCCCCCCCCCC(=O)OC(COC(=O)CCCCCCCCCCCCCCCCCCCCCCCCC)COC(OCC[N+](C)(C)C)C(=O)O. The minimum atomic E-state index is -1.50. The first-order chi connectivity index (χ1) is 36.6. The number of hydrogen-bond donors (Lipinski definition) is 1. The summed E-state index contributed by atoms with van der Waals surface area (Å²) < 4.78 is 23.0. The maximum atomic E-state index is 12.9. The van der Waals surface area contributed by atoms with E-state index in [0.717, 1.165) is 38.5 Å². The topological polar surface area (TPSA) is 108 Å². The number of esters is 2. The second kappa shape index (κ2) is 58.4. The fourth-order valence-corrected chi connectivity index (χ4v) is 10.3. The Labute approximate surface area is 466 Å². The number of aliphatic carboxylic acids is 1. The third-order valence-corrected chi connectivity index (χ3v) is 15.4. The average molecular weight is 1070 g/mol. The van der Waals surface area contributed by atoms with Crippen LogP contribution in [0.15, 0.2) is 0 Å². The fourth-order valence-electron chi connectivity index (χ4n) is 10.3. The molecule has 0 aliphatic heterocycles. The number of unbranched alkanes of at least 4 members (excludes halogenated alkanes) is 48. The summed E-state index contributed by atoms with van der Waals surface area (Å²) in [7, 11) is 5.99. The molecule has 0 saturated heterocycles. The molecule has 0 aliphatic carbocycles. The van der Waals surface area contributed by atoms with Crippen LogP contribution in [0.25, 0.3) is 0 Å². The predicted molar refractivity (Wildman–Crippen MR) is 318 cm³/mol. The van der Waals surface area contributed by atoms with Gasteiger partial charge in [-0.2, -0.15) is 0 Å². The van der Waals surface area contributed by atoms with Gasteiger partial charge in [-0.25, -0.2) is 4.79 Å². The van der Waals surface area contributed by atoms with Crippen LogP contribution in [-0.4, -0.2) is 87.4 Å². The van der Waals surface area contributed by atoms with E-state index < -0.39 is 18.4 Å². The second-order valence-electron chi connectivity index (χ2n) is 24.2. The van der Waals surface area contributed by atoms with Crippen molar-refractivity contribution in [2.24, 2.45) is 0 Å². The number of nitrogens with zero attached hydrogens (tertiary/aromatic N) is 1. The zero-order valence-electron chi connectivity index (χ0n) is 51.0. The van der Waals surface area contributed by atoms with Gasteiger partial charge in [0, 0.05) is 12.8 Å². The highest BCUT2D eigenvalue weighted by Crippen LogP contribution is 2.19. The molecule has 9 nitrogen and oxygen atoms in total. The Morgan fingerprint density at radius 3 is 0.853 bits per heavy atom. The van der Waals surface area contributed by atoms with Crippen molar-refractivity contribution in [2.45, 2.75) is 360 Å². The molecule has 9 heteroatoms. The summed E-state index contributed by atoms with van der Waals surface area (Å²) in [6.45, 7) is 4.97. The number of carboxylic acid groups (broad SMARTS) is 1. The summed E-state index contributed by atoms with van der Waals surface area (Å²) in [4.78, 5) is 37.5. The van der Waals surface area contributed by atoms with Gasteiger partial charge in [0.1, 0.15) is 13.2 Å². The van der Waals surface area contributed by atoms with E-state index in [-0.39, 0.29) is 38.2 Å². The molecule has 2 atom stereocenters. The van der Waals surface area contributed by atoms with E-state index in [1.165, 1.54) is 283 Å². The van der Waals surface area contributed by atoms with Gasteiger partial charge in [-0.3, -0.25) is 9.59 Å². The van der Waals surface area contributed by atoms with E-state index in [0.29, 0.717) is 17.4 Å². The Bertz CT molecular complexity index is 1190. The minimum Gasteiger partial charge on any atom is -0.477 e. The molecule has 0 aromatic rings. The number of carboxylic acids is 1. The lowest BCUT2D eigenvalue weighted by Gasteiger charge is -2.25. The summed E-state index contributed by atoms with van der Waals surface area (Å²) in [5.41, 5.74) is 0. The van der Waals surface area contributed by atoms with Crippen LogP contribution in [0.5, 0.6) is 0 Å². The van der Waals surface area contributed by atoms with Crippen molar-refractivity contribution >= 4 is 17.9 Å². The maximum Gasteiger partial charge on any atom is 0.361 e. The molecular formula is C66H130NO8+. The Hall–Kier alpha value is -1.71. The molecule has 0 aromatic heterocycles. The van der Waals surface area contributed by atoms with E-state index >= 15 is 0 Å². The Morgan fingerprint density at radius 1 is 0.347 bits per heavy atom. The molecule has 0 aromatic carbocycles. The van der Waals surface area contributed by atoms with Crippen LogP contribution in [0.3, 0.4) is 0 Å². The number of carbonyl (C=O) groups is 3. The molecular weight excluding hydrogens is 935 g/mol. The highest BCUT2D eigenvalue weighted by molar-refractivity contribution is 5.71. The summed E-state index contributed by atoms with van der Waals surface area (Å²) >= 11 is 0. The summed E-state index contributed by atoms with van der Waals surface area (Å²) in [5, 5.41) is 9.73. The first kappa shape index (κ1) is 73.3. The molecule has 1 N–H and O–H groups in total. The molecule has 2 unspecified atom stereocenters. The highest BCUT2D eigenvalue weighted by Gasteiger charge is 2.25. The van der Waals surface area contributed by atoms with Crippen LogP contribution in [0.4, 0.5) is 0 Å². The minimum absolute atomic E-state index is 0.172. The van der Waals surface area contributed by atoms with Crippen LogP contribution in [-0.2, 0) is 33.3 Å². The summed E-state index contributed by atoms with van der Waals surface area (Å²) in [5.74, 6) is -1.97. The standard InChI is InChI=1S/C66H129NO8/c1-6-8-10-12-14-16-18-20-22-24-26-28-30-31-32-33-35-37-39-41-43-45-47-49-51-53-55-57-64(69)75-62(61-74-66(65(70)71)72-59-58-67(3,4)5)60-73-63(68)56-54-52-50-48-46-44-42-40-38-36-34-29-27-25-23-21-19-17-15-13-11-9-7-2/h62,66H,6-61H2,1-5H3/p+1. The Morgan fingerprint density at radius 2 is 0.600 bits per heavy atom. The third kappa shape index (κ3) is 59.8. The number of likely N-dealkylation sites (N-methyl/N-ethyl adjacent to an activating group) is 1. The van der Waals surface area contributed by atoms with E-state index in [4.69, 9.17) is 18.9 Å². The van der Waals surface area contributed by atoms with Crippen molar-refractivity contribution in [3.63, 3.8) is 0 Å². The molecule has 0 bridgehead atoms. The molecule has 0 spiro atoms. The van der Waals surface area contributed by atoms with E-state index in [1.54, 1.807) is 0 Å². The normalized spacial score (nSPS) is 12.6. The molecule has 446 valence electrons. The van der Waals surface area contributed by atoms with Gasteiger partial charge in [-0.1, -0.05) is 322 Å². The lowest BCUT2D eigenvalue weighted by molar-refractivity contribution is -0.870. The van der Waals surface area contributed by atoms with Crippen molar-refractivity contribution < 1.29 is 42.9 Å². The van der Waals surface area contributed by atoms with Crippen molar-refractivity contribution in [1.29, 1.82) is 0 Å². The summed E-state index contributed by atoms with van der Waals surface area (Å²) in [6.07, 6.45) is 64.9. The molecule has 0 saturated carbocycles. The monoisotopic (exact) mass is 1060 g/mol. The van der Waals surface area contributed by atoms with E-state index in [2.05, 4.69) is 13.8 Å². The molecule has 0 fully saturated rings. The molecule has 0 aliphatic rings. The number of carbonyl (C=O) groups excluding carboxylic acids is 2. The van der Waals surface area contributed by atoms with E-state index in [1.807, 2.05) is 21.1 Å². The van der Waals surface area contributed by atoms with Crippen LogP contribution in [0.1, 0.15) is 348 Å². The Kier molecular flexibility index (Phi) is 57.1. The largest absolute Gasteiger partial charge is 0.477 e. The molecule has 0 heterocycles. The number of ether oxygens (including phenoxy) is 4. The van der Waals surface area contributed by atoms with Crippen molar-refractivity contribution in [3.05, 3.63) is 0 Å². The van der Waals surface area contributed by atoms with Gasteiger partial charge in [-0.15, -0.1) is 0 Å². The highest BCUT2D eigenvalue weighted by atomic mass is 16.7. The number of rotatable bonds is 63.